The lowest BCUT2D eigenvalue weighted by molar-refractivity contribution is 0.820. The van der Waals surface area contributed by atoms with Crippen LogP contribution in [0.15, 0.2) is 48.8 Å². The van der Waals surface area contributed by atoms with E-state index in [2.05, 4.69) is 15.4 Å². The van der Waals surface area contributed by atoms with Crippen LogP contribution in [-0.2, 0) is 0 Å². The number of anilines is 2. The van der Waals surface area contributed by atoms with Gasteiger partial charge in [-0.1, -0.05) is 18.2 Å². The Hall–Kier alpha value is -2.40. The molecule has 96 valence electrons. The van der Waals surface area contributed by atoms with Gasteiger partial charge in [0.15, 0.2) is 5.65 Å². The van der Waals surface area contributed by atoms with Crippen LogP contribution in [0.3, 0.4) is 0 Å². The van der Waals surface area contributed by atoms with Gasteiger partial charge in [0.2, 0.25) is 0 Å². The second kappa shape index (κ2) is 4.70. The van der Waals surface area contributed by atoms with Gasteiger partial charge in [0.25, 0.3) is 0 Å². The van der Waals surface area contributed by atoms with Crippen molar-refractivity contribution in [2.45, 2.75) is 13.0 Å². The minimum atomic E-state index is -0.0256. The Kier molecular flexibility index (Phi) is 2.89. The van der Waals surface area contributed by atoms with E-state index >= 15 is 0 Å². The van der Waals surface area contributed by atoms with E-state index in [1.54, 1.807) is 10.7 Å². The number of aromatic nitrogens is 3. The summed E-state index contributed by atoms with van der Waals surface area (Å²) >= 11 is 0. The summed E-state index contributed by atoms with van der Waals surface area (Å²) < 4.78 is 1.72. The number of fused-ring (bicyclic) bond motifs is 1. The first kappa shape index (κ1) is 11.7. The van der Waals surface area contributed by atoms with E-state index < -0.39 is 0 Å². The topological polar surface area (TPSA) is 68.2 Å². The van der Waals surface area contributed by atoms with Crippen molar-refractivity contribution in [3.8, 4) is 0 Å². The van der Waals surface area contributed by atoms with Crippen molar-refractivity contribution in [2.24, 2.45) is 5.73 Å². The van der Waals surface area contributed by atoms with E-state index in [1.165, 1.54) is 0 Å². The van der Waals surface area contributed by atoms with Crippen LogP contribution in [0.2, 0.25) is 0 Å². The zero-order chi connectivity index (χ0) is 13.2. The fraction of sp³-hybridized carbons (Fsp3) is 0.143. The van der Waals surface area contributed by atoms with Gasteiger partial charge in [-0.05, 0) is 24.6 Å². The smallest absolute Gasteiger partial charge is 0.157 e. The second-order valence-electron chi connectivity index (χ2n) is 4.45. The minimum absolute atomic E-state index is 0.0256. The molecule has 3 aromatic rings. The molecule has 1 atom stereocenters. The first-order chi connectivity index (χ1) is 9.24. The van der Waals surface area contributed by atoms with Crippen LogP contribution >= 0.6 is 0 Å². The zero-order valence-electron chi connectivity index (χ0n) is 10.6. The molecule has 0 aliphatic carbocycles. The van der Waals surface area contributed by atoms with Gasteiger partial charge in [-0.3, -0.25) is 0 Å². The standard InChI is InChI=1S/C14H15N5/c1-10(15)11-4-2-3-5-12(11)17-13-7-9-19-14(18-13)6-8-16-19/h2-10H,15H2,1H3,(H,17,18). The van der Waals surface area contributed by atoms with E-state index in [0.29, 0.717) is 0 Å². The summed E-state index contributed by atoms with van der Waals surface area (Å²) in [6, 6.07) is 11.7. The van der Waals surface area contributed by atoms with Gasteiger partial charge >= 0.3 is 0 Å². The molecule has 19 heavy (non-hydrogen) atoms. The van der Waals surface area contributed by atoms with Gasteiger partial charge in [0, 0.05) is 24.0 Å². The lowest BCUT2D eigenvalue weighted by atomic mass is 10.1. The van der Waals surface area contributed by atoms with Crippen LogP contribution in [-0.4, -0.2) is 14.6 Å². The molecule has 5 nitrogen and oxygen atoms in total. The molecule has 0 spiro atoms. The molecule has 3 N–H and O–H groups in total. The normalized spacial score (nSPS) is 12.5. The minimum Gasteiger partial charge on any atom is -0.340 e. The van der Waals surface area contributed by atoms with Crippen molar-refractivity contribution in [1.82, 2.24) is 14.6 Å². The average Bonchev–Trinajstić information content (AvgIpc) is 2.86. The molecule has 0 radical (unpaired) electrons. The molecule has 0 saturated carbocycles. The van der Waals surface area contributed by atoms with E-state index in [-0.39, 0.29) is 6.04 Å². The van der Waals surface area contributed by atoms with Gasteiger partial charge in [-0.15, -0.1) is 0 Å². The number of nitrogens with zero attached hydrogens (tertiary/aromatic N) is 3. The molecule has 2 heterocycles. The second-order valence-corrected chi connectivity index (χ2v) is 4.45. The van der Waals surface area contributed by atoms with Crippen molar-refractivity contribution in [3.05, 3.63) is 54.4 Å². The lowest BCUT2D eigenvalue weighted by Crippen LogP contribution is -2.08. The van der Waals surface area contributed by atoms with Gasteiger partial charge in [0.1, 0.15) is 5.82 Å². The Balaban J connectivity index is 1.96. The van der Waals surface area contributed by atoms with Crippen LogP contribution in [0.1, 0.15) is 18.5 Å². The maximum atomic E-state index is 5.97. The van der Waals surface area contributed by atoms with Crippen LogP contribution in [0, 0.1) is 0 Å². The number of nitrogens with two attached hydrogens (primary N) is 1. The zero-order valence-corrected chi connectivity index (χ0v) is 10.6. The highest BCUT2D eigenvalue weighted by Gasteiger charge is 2.07. The third kappa shape index (κ3) is 2.28. The number of nitrogens with one attached hydrogen (secondary N) is 1. The maximum absolute atomic E-state index is 5.97. The Morgan fingerprint density at radius 3 is 2.89 bits per heavy atom. The Bertz CT molecular complexity index is 702. The van der Waals surface area contributed by atoms with Crippen molar-refractivity contribution < 1.29 is 0 Å². The van der Waals surface area contributed by atoms with E-state index in [1.807, 2.05) is 49.5 Å². The monoisotopic (exact) mass is 253 g/mol. The molecular weight excluding hydrogens is 238 g/mol. The molecular formula is C14H15N5. The molecule has 0 aliphatic rings. The highest BCUT2D eigenvalue weighted by molar-refractivity contribution is 5.62. The first-order valence-corrected chi connectivity index (χ1v) is 6.16. The molecule has 0 amide bonds. The number of rotatable bonds is 3. The quantitative estimate of drug-likeness (QED) is 0.752. The maximum Gasteiger partial charge on any atom is 0.157 e. The van der Waals surface area contributed by atoms with Gasteiger partial charge in [-0.2, -0.15) is 5.10 Å². The summed E-state index contributed by atoms with van der Waals surface area (Å²) in [4.78, 5) is 4.48. The van der Waals surface area contributed by atoms with Crippen LogP contribution in [0.4, 0.5) is 11.5 Å². The summed E-state index contributed by atoms with van der Waals surface area (Å²) in [7, 11) is 0. The van der Waals surface area contributed by atoms with Crippen molar-refractivity contribution in [3.63, 3.8) is 0 Å². The Morgan fingerprint density at radius 2 is 2.05 bits per heavy atom. The van der Waals surface area contributed by atoms with Gasteiger partial charge in [0.05, 0.1) is 6.20 Å². The van der Waals surface area contributed by atoms with E-state index in [0.717, 1.165) is 22.7 Å². The fourth-order valence-corrected chi connectivity index (χ4v) is 2.03. The van der Waals surface area contributed by atoms with Crippen molar-refractivity contribution in [2.75, 3.05) is 5.32 Å². The molecule has 3 rings (SSSR count). The first-order valence-electron chi connectivity index (χ1n) is 6.16. The predicted molar refractivity (Wildman–Crippen MR) is 75.3 cm³/mol. The molecule has 1 aromatic carbocycles. The van der Waals surface area contributed by atoms with E-state index in [4.69, 9.17) is 5.73 Å². The lowest BCUT2D eigenvalue weighted by Gasteiger charge is -2.13. The van der Waals surface area contributed by atoms with Gasteiger partial charge in [-0.25, -0.2) is 9.50 Å². The summed E-state index contributed by atoms with van der Waals surface area (Å²) in [5.41, 5.74) is 8.82. The summed E-state index contributed by atoms with van der Waals surface area (Å²) in [6.45, 7) is 1.97. The fourth-order valence-electron chi connectivity index (χ4n) is 2.03. The number of hydrogen-bond donors (Lipinski definition) is 2. The number of para-hydroxylation sites is 1. The molecule has 0 aliphatic heterocycles. The highest BCUT2D eigenvalue weighted by atomic mass is 15.2. The Labute approximate surface area is 111 Å². The molecule has 2 aromatic heterocycles. The van der Waals surface area contributed by atoms with Gasteiger partial charge < -0.3 is 11.1 Å². The average molecular weight is 253 g/mol. The third-order valence-electron chi connectivity index (χ3n) is 2.97. The highest BCUT2D eigenvalue weighted by Crippen LogP contribution is 2.23. The molecule has 0 saturated heterocycles. The SMILES string of the molecule is CC(N)c1ccccc1Nc1ccn2nccc2n1. The van der Waals surface area contributed by atoms with Crippen LogP contribution in [0.5, 0.6) is 0 Å². The molecule has 5 heteroatoms. The largest absolute Gasteiger partial charge is 0.340 e. The molecule has 0 bridgehead atoms. The Morgan fingerprint density at radius 1 is 1.21 bits per heavy atom. The number of hydrogen-bond acceptors (Lipinski definition) is 4. The summed E-state index contributed by atoms with van der Waals surface area (Å²) in [5.74, 6) is 0.779. The molecule has 1 unspecified atom stereocenters. The molecule has 0 fully saturated rings. The van der Waals surface area contributed by atoms with Crippen LogP contribution < -0.4 is 11.1 Å². The van der Waals surface area contributed by atoms with Crippen molar-refractivity contribution >= 4 is 17.2 Å². The predicted octanol–water partition coefficient (Wildman–Crippen LogP) is 2.49. The van der Waals surface area contributed by atoms with E-state index in [9.17, 15) is 0 Å². The summed E-state index contributed by atoms with van der Waals surface area (Å²) in [6.07, 6.45) is 3.60. The van der Waals surface area contributed by atoms with Crippen LogP contribution in [0.25, 0.3) is 5.65 Å². The van der Waals surface area contributed by atoms with Crippen molar-refractivity contribution in [1.29, 1.82) is 0 Å². The summed E-state index contributed by atoms with van der Waals surface area (Å²) in [5, 5.41) is 7.42. The number of benzene rings is 1. The third-order valence-corrected chi connectivity index (χ3v) is 2.97.